The molecule has 3 rings (SSSR count). The van der Waals surface area contributed by atoms with Crippen LogP contribution in [0.15, 0.2) is 17.1 Å². The molecule has 1 aliphatic carbocycles. The van der Waals surface area contributed by atoms with Gasteiger partial charge in [0.1, 0.15) is 11.3 Å². The van der Waals surface area contributed by atoms with Crippen LogP contribution in [0.4, 0.5) is 5.69 Å². The van der Waals surface area contributed by atoms with E-state index < -0.39 is 5.54 Å². The first-order valence-electron chi connectivity index (χ1n) is 7.33. The summed E-state index contributed by atoms with van der Waals surface area (Å²) in [6, 6.07) is 4.01. The van der Waals surface area contributed by atoms with Gasteiger partial charge in [-0.15, -0.1) is 0 Å². The fourth-order valence-electron chi connectivity index (χ4n) is 3.71. The zero-order valence-electron chi connectivity index (χ0n) is 11.9. The molecule has 1 saturated carbocycles. The van der Waals surface area contributed by atoms with Gasteiger partial charge < -0.3 is 10.0 Å². The van der Waals surface area contributed by atoms with Crippen molar-refractivity contribution in [1.29, 1.82) is 0 Å². The number of nitrogens with zero attached hydrogens (tertiary/aromatic N) is 2. The van der Waals surface area contributed by atoms with Crippen molar-refractivity contribution in [2.45, 2.75) is 44.1 Å². The van der Waals surface area contributed by atoms with Gasteiger partial charge in [-0.3, -0.25) is 0 Å². The lowest BCUT2D eigenvalue weighted by Gasteiger charge is -2.31. The predicted octanol–water partition coefficient (Wildman–Crippen LogP) is 2.88. The molecule has 2 aliphatic rings. The van der Waals surface area contributed by atoms with Crippen molar-refractivity contribution in [2.24, 2.45) is 4.99 Å². The molecule has 1 N–H and O–H groups in total. The van der Waals surface area contributed by atoms with Crippen LogP contribution in [0, 0.1) is 0 Å². The molecule has 0 radical (unpaired) electrons. The highest BCUT2D eigenvalue weighted by Crippen LogP contribution is 2.48. The van der Waals surface area contributed by atoms with Gasteiger partial charge in [0.15, 0.2) is 0 Å². The second kappa shape index (κ2) is 4.95. The van der Waals surface area contributed by atoms with Gasteiger partial charge in [-0.25, -0.2) is 4.79 Å². The number of phenols is 1. The Hall–Kier alpha value is -1.80. The standard InChI is InChI=1S/C16H20N2O2/c1-18-10-4-5-12-14(18)7-6-13(15(12)20)16(17-11-19)8-2-3-9-16/h6-7,20H,2-5,8-10H2,1H3. The first kappa shape index (κ1) is 13.2. The van der Waals surface area contributed by atoms with E-state index in [1.807, 2.05) is 13.1 Å². The van der Waals surface area contributed by atoms with Gasteiger partial charge in [0.2, 0.25) is 6.08 Å². The average Bonchev–Trinajstić information content (AvgIpc) is 2.90. The van der Waals surface area contributed by atoms with Crippen LogP contribution in [-0.2, 0) is 16.8 Å². The molecule has 0 unspecified atom stereocenters. The molecule has 1 heterocycles. The summed E-state index contributed by atoms with van der Waals surface area (Å²) in [5.41, 5.74) is 2.37. The van der Waals surface area contributed by atoms with Crippen LogP contribution in [0.3, 0.4) is 0 Å². The number of hydrogen-bond donors (Lipinski definition) is 1. The quantitative estimate of drug-likeness (QED) is 0.665. The highest BCUT2D eigenvalue weighted by molar-refractivity contribution is 5.64. The lowest BCUT2D eigenvalue weighted by molar-refractivity contribution is 0.403. The lowest BCUT2D eigenvalue weighted by Crippen LogP contribution is -2.26. The van der Waals surface area contributed by atoms with Crippen molar-refractivity contribution in [1.82, 2.24) is 0 Å². The fourth-order valence-corrected chi connectivity index (χ4v) is 3.71. The van der Waals surface area contributed by atoms with E-state index in [4.69, 9.17) is 0 Å². The number of isocyanates is 1. The molecule has 0 saturated heterocycles. The number of anilines is 1. The normalized spacial score (nSPS) is 20.4. The molecule has 1 aliphatic heterocycles. The lowest BCUT2D eigenvalue weighted by atomic mass is 9.85. The second-order valence-corrected chi connectivity index (χ2v) is 5.93. The minimum absolute atomic E-state index is 0.343. The SMILES string of the molecule is CN1CCCc2c1ccc(C1(N=C=O)CCCC1)c2O. The van der Waals surface area contributed by atoms with E-state index in [1.165, 1.54) is 0 Å². The van der Waals surface area contributed by atoms with Crippen molar-refractivity contribution in [3.05, 3.63) is 23.3 Å². The Morgan fingerprint density at radius 1 is 1.30 bits per heavy atom. The van der Waals surface area contributed by atoms with Crippen LogP contribution in [0.2, 0.25) is 0 Å². The fraction of sp³-hybridized carbons (Fsp3) is 0.562. The Bertz CT molecular complexity index is 570. The zero-order valence-corrected chi connectivity index (χ0v) is 11.9. The number of fused-ring (bicyclic) bond motifs is 1. The summed E-state index contributed by atoms with van der Waals surface area (Å²) in [6.45, 7) is 1.02. The molecule has 106 valence electrons. The molecular weight excluding hydrogens is 252 g/mol. The van der Waals surface area contributed by atoms with Crippen LogP contribution in [-0.4, -0.2) is 24.8 Å². The molecule has 0 aromatic heterocycles. The van der Waals surface area contributed by atoms with E-state index in [0.29, 0.717) is 5.75 Å². The molecule has 0 amide bonds. The van der Waals surface area contributed by atoms with Gasteiger partial charge in [-0.05, 0) is 31.7 Å². The molecule has 1 aromatic rings. The molecule has 1 fully saturated rings. The molecule has 0 atom stereocenters. The maximum absolute atomic E-state index is 10.8. The van der Waals surface area contributed by atoms with Gasteiger partial charge in [0.05, 0.1) is 0 Å². The second-order valence-electron chi connectivity index (χ2n) is 5.93. The number of hydrogen-bond acceptors (Lipinski definition) is 4. The van der Waals surface area contributed by atoms with Gasteiger partial charge in [-0.2, -0.15) is 4.99 Å². The van der Waals surface area contributed by atoms with Gasteiger partial charge >= 0.3 is 0 Å². The van der Waals surface area contributed by atoms with E-state index in [-0.39, 0.29) is 0 Å². The molecule has 4 nitrogen and oxygen atoms in total. The summed E-state index contributed by atoms with van der Waals surface area (Å²) >= 11 is 0. The number of phenolic OH excluding ortho intramolecular Hbond substituents is 1. The third kappa shape index (κ3) is 1.92. The summed E-state index contributed by atoms with van der Waals surface area (Å²) in [7, 11) is 2.05. The Labute approximate surface area is 119 Å². The minimum Gasteiger partial charge on any atom is -0.507 e. The van der Waals surface area contributed by atoms with Crippen molar-refractivity contribution in [3.63, 3.8) is 0 Å². The summed E-state index contributed by atoms with van der Waals surface area (Å²) in [6.07, 6.45) is 7.39. The number of aliphatic imine (C=N–C) groups is 1. The largest absolute Gasteiger partial charge is 0.507 e. The van der Waals surface area contributed by atoms with Crippen LogP contribution in [0.25, 0.3) is 0 Å². The average molecular weight is 272 g/mol. The topological polar surface area (TPSA) is 52.9 Å². The summed E-state index contributed by atoms with van der Waals surface area (Å²) in [5, 5.41) is 10.7. The van der Waals surface area contributed by atoms with Crippen LogP contribution in [0.1, 0.15) is 43.2 Å². The van der Waals surface area contributed by atoms with Crippen molar-refractivity contribution in [2.75, 3.05) is 18.5 Å². The third-order valence-corrected chi connectivity index (χ3v) is 4.78. The molecule has 0 bridgehead atoms. The molecule has 20 heavy (non-hydrogen) atoms. The maximum Gasteiger partial charge on any atom is 0.235 e. The Morgan fingerprint density at radius 3 is 2.75 bits per heavy atom. The van der Waals surface area contributed by atoms with E-state index in [1.54, 1.807) is 6.08 Å². The zero-order chi connectivity index (χ0) is 14.2. The van der Waals surface area contributed by atoms with E-state index in [0.717, 1.165) is 61.9 Å². The van der Waals surface area contributed by atoms with Gasteiger partial charge in [0, 0.05) is 30.4 Å². The third-order valence-electron chi connectivity index (χ3n) is 4.78. The molecule has 1 aromatic carbocycles. The van der Waals surface area contributed by atoms with Crippen LogP contribution in [0.5, 0.6) is 5.75 Å². The van der Waals surface area contributed by atoms with Crippen molar-refractivity contribution < 1.29 is 9.90 Å². The van der Waals surface area contributed by atoms with E-state index in [2.05, 4.69) is 16.0 Å². The first-order chi connectivity index (χ1) is 9.68. The van der Waals surface area contributed by atoms with Gasteiger partial charge in [0.25, 0.3) is 0 Å². The van der Waals surface area contributed by atoms with Crippen molar-refractivity contribution in [3.8, 4) is 5.75 Å². The number of benzene rings is 1. The minimum atomic E-state index is -0.545. The molecule has 4 heteroatoms. The summed E-state index contributed by atoms with van der Waals surface area (Å²) in [4.78, 5) is 17.1. The highest BCUT2D eigenvalue weighted by Gasteiger charge is 2.39. The first-order valence-corrected chi connectivity index (χ1v) is 7.33. The summed E-state index contributed by atoms with van der Waals surface area (Å²) in [5.74, 6) is 0.343. The number of aromatic hydroxyl groups is 1. The Balaban J connectivity index is 2.13. The summed E-state index contributed by atoms with van der Waals surface area (Å²) < 4.78 is 0. The Kier molecular flexibility index (Phi) is 3.27. The monoisotopic (exact) mass is 272 g/mol. The number of carbonyl (C=O) groups excluding carboxylic acids is 1. The molecular formula is C16H20N2O2. The Morgan fingerprint density at radius 2 is 2.05 bits per heavy atom. The van der Waals surface area contributed by atoms with Crippen molar-refractivity contribution >= 4 is 11.8 Å². The van der Waals surface area contributed by atoms with Crippen LogP contribution >= 0.6 is 0 Å². The molecule has 0 spiro atoms. The maximum atomic E-state index is 10.8. The van der Waals surface area contributed by atoms with Crippen LogP contribution < -0.4 is 4.90 Å². The highest BCUT2D eigenvalue weighted by atomic mass is 16.3. The smallest absolute Gasteiger partial charge is 0.235 e. The van der Waals surface area contributed by atoms with Gasteiger partial charge in [-0.1, -0.05) is 18.9 Å². The predicted molar refractivity (Wildman–Crippen MR) is 78.0 cm³/mol. The van der Waals surface area contributed by atoms with E-state index in [9.17, 15) is 9.90 Å². The number of rotatable bonds is 2. The van der Waals surface area contributed by atoms with E-state index >= 15 is 0 Å².